The molecule has 2 aliphatic heterocycles. The highest BCUT2D eigenvalue weighted by molar-refractivity contribution is 6.18. The van der Waals surface area contributed by atoms with E-state index >= 15 is 0 Å². The molecule has 1 unspecified atom stereocenters. The van der Waals surface area contributed by atoms with Crippen molar-refractivity contribution in [3.8, 4) is 0 Å². The number of amides is 2. The largest absolute Gasteiger partial charge is 0.394 e. The van der Waals surface area contributed by atoms with Crippen LogP contribution in [0.1, 0.15) is 26.2 Å². The van der Waals surface area contributed by atoms with Crippen molar-refractivity contribution in [3.63, 3.8) is 0 Å². The van der Waals surface area contributed by atoms with Gasteiger partial charge in [-0.3, -0.25) is 4.90 Å². The SMILES string of the molecule is CCCCCN(C(=O)NCCCl)C1O[C@H](CO)[C@@H](O[C@H]2O[C@H](CO)[C@@H](O)[C@H](O)[C@H]2O)[C@H](O)[C@H]1O. The Morgan fingerprint density at radius 1 is 0.941 bits per heavy atom. The van der Waals surface area contributed by atoms with Crippen molar-refractivity contribution in [1.82, 2.24) is 10.2 Å². The number of nitrogens with one attached hydrogen (secondary N) is 1. The second kappa shape index (κ2) is 14.0. The number of carbonyl (C=O) groups excluding carboxylic acids is 1. The molecule has 2 aliphatic rings. The van der Waals surface area contributed by atoms with Gasteiger partial charge in [-0.2, -0.15) is 0 Å². The van der Waals surface area contributed by atoms with Crippen LogP contribution >= 0.6 is 11.6 Å². The third kappa shape index (κ3) is 6.89. The van der Waals surface area contributed by atoms with Crippen molar-refractivity contribution in [2.75, 3.05) is 32.2 Å². The summed E-state index contributed by atoms with van der Waals surface area (Å²) < 4.78 is 16.6. The first-order chi connectivity index (χ1) is 16.2. The zero-order chi connectivity index (χ0) is 25.4. The lowest BCUT2D eigenvalue weighted by Gasteiger charge is -2.48. The van der Waals surface area contributed by atoms with Crippen molar-refractivity contribution in [2.45, 2.75) is 87.5 Å². The predicted octanol–water partition coefficient (Wildman–Crippen LogP) is -2.95. The normalized spacial score (nSPS) is 38.5. The van der Waals surface area contributed by atoms with Crippen molar-refractivity contribution in [1.29, 1.82) is 0 Å². The van der Waals surface area contributed by atoms with E-state index in [0.717, 1.165) is 12.8 Å². The van der Waals surface area contributed by atoms with E-state index in [4.69, 9.17) is 25.8 Å². The molecule has 8 N–H and O–H groups in total. The Hall–Kier alpha value is -0.840. The Kier molecular flexibility index (Phi) is 12.1. The van der Waals surface area contributed by atoms with Gasteiger partial charge < -0.3 is 55.3 Å². The van der Waals surface area contributed by atoms with Gasteiger partial charge in [0.05, 0.1) is 13.2 Å². The number of hydrogen-bond acceptors (Lipinski definition) is 11. The van der Waals surface area contributed by atoms with Crippen LogP contribution < -0.4 is 5.32 Å². The third-order valence-corrected chi connectivity index (χ3v) is 6.11. The van der Waals surface area contributed by atoms with E-state index in [1.807, 2.05) is 6.92 Å². The van der Waals surface area contributed by atoms with Crippen LogP contribution in [0.3, 0.4) is 0 Å². The molecular weight excluding hydrogens is 480 g/mol. The molecule has 2 rings (SSSR count). The Morgan fingerprint density at radius 3 is 2.21 bits per heavy atom. The fourth-order valence-corrected chi connectivity index (χ4v) is 4.05. The molecule has 34 heavy (non-hydrogen) atoms. The zero-order valence-corrected chi connectivity index (χ0v) is 19.8. The van der Waals surface area contributed by atoms with E-state index < -0.39 is 80.6 Å². The van der Waals surface area contributed by atoms with Crippen LogP contribution in [0.5, 0.6) is 0 Å². The highest BCUT2D eigenvalue weighted by Crippen LogP contribution is 2.30. The fourth-order valence-electron chi connectivity index (χ4n) is 3.96. The average Bonchev–Trinajstić information content (AvgIpc) is 2.83. The van der Waals surface area contributed by atoms with E-state index in [9.17, 15) is 40.5 Å². The third-order valence-electron chi connectivity index (χ3n) is 5.92. The van der Waals surface area contributed by atoms with Gasteiger partial charge >= 0.3 is 6.03 Å². The molecule has 0 aliphatic carbocycles. The van der Waals surface area contributed by atoms with Gasteiger partial charge in [-0.25, -0.2) is 4.79 Å². The molecule has 2 heterocycles. The van der Waals surface area contributed by atoms with Crippen LogP contribution in [-0.4, -0.2) is 140 Å². The number of halogens is 1. The first kappa shape index (κ1) is 29.4. The van der Waals surface area contributed by atoms with Crippen LogP contribution in [0.2, 0.25) is 0 Å². The van der Waals surface area contributed by atoms with E-state index in [1.54, 1.807) is 0 Å². The molecular formula is C20H37ClN2O11. The smallest absolute Gasteiger partial charge is 0.319 e. The summed E-state index contributed by atoms with van der Waals surface area (Å²) >= 11 is 5.64. The number of nitrogens with zero attached hydrogens (tertiary/aromatic N) is 1. The van der Waals surface area contributed by atoms with Gasteiger partial charge in [0.2, 0.25) is 0 Å². The number of hydrogen-bond donors (Lipinski definition) is 8. The van der Waals surface area contributed by atoms with Gasteiger partial charge in [-0.05, 0) is 6.42 Å². The summed E-state index contributed by atoms with van der Waals surface area (Å²) in [6, 6.07) is -0.571. The maximum atomic E-state index is 12.7. The molecule has 2 saturated heterocycles. The topological polar surface area (TPSA) is 202 Å². The minimum atomic E-state index is -1.76. The number of alkyl halides is 1. The second-order valence-corrected chi connectivity index (χ2v) is 8.73. The molecule has 14 heteroatoms. The second-order valence-electron chi connectivity index (χ2n) is 8.35. The quantitative estimate of drug-likeness (QED) is 0.103. The van der Waals surface area contributed by atoms with Gasteiger partial charge in [0.15, 0.2) is 12.5 Å². The van der Waals surface area contributed by atoms with Crippen molar-refractivity contribution in [2.24, 2.45) is 0 Å². The van der Waals surface area contributed by atoms with E-state index in [2.05, 4.69) is 5.32 Å². The summed E-state index contributed by atoms with van der Waals surface area (Å²) in [4.78, 5) is 13.9. The standard InChI is InChI=1S/C20H37ClN2O11/c1-2-3-4-7-23(20(31)22-6-5-21)18-15(29)14(28)17(11(9-25)32-18)34-19-16(30)13(27)12(26)10(8-24)33-19/h10-19,24-30H,2-9H2,1H3,(H,22,31)/t10-,11-,12-,13+,14-,15-,16-,17-,18?,19-/m1/s1. The van der Waals surface area contributed by atoms with Crippen LogP contribution in [0.4, 0.5) is 4.79 Å². The van der Waals surface area contributed by atoms with Crippen molar-refractivity contribution in [3.05, 3.63) is 0 Å². The number of urea groups is 1. The van der Waals surface area contributed by atoms with Gasteiger partial charge in [-0.1, -0.05) is 19.8 Å². The lowest BCUT2D eigenvalue weighted by Crippen LogP contribution is -2.67. The maximum Gasteiger partial charge on any atom is 0.319 e. The van der Waals surface area contributed by atoms with Gasteiger partial charge in [-0.15, -0.1) is 11.6 Å². The minimum Gasteiger partial charge on any atom is -0.394 e. The molecule has 0 radical (unpaired) electrons. The fraction of sp³-hybridized carbons (Fsp3) is 0.950. The summed E-state index contributed by atoms with van der Waals surface area (Å²) in [5, 5.41) is 73.5. The molecule has 0 aromatic rings. The number of aliphatic hydroxyl groups excluding tert-OH is 7. The molecule has 2 amide bonds. The first-order valence-corrected chi connectivity index (χ1v) is 11.9. The minimum absolute atomic E-state index is 0.166. The number of ether oxygens (including phenoxy) is 3. The molecule has 200 valence electrons. The lowest BCUT2D eigenvalue weighted by atomic mass is 9.96. The van der Waals surface area contributed by atoms with Crippen molar-refractivity contribution < 1.29 is 54.8 Å². The number of aliphatic hydroxyl groups is 7. The Labute approximate surface area is 202 Å². The maximum absolute atomic E-state index is 12.7. The zero-order valence-electron chi connectivity index (χ0n) is 19.0. The average molecular weight is 517 g/mol. The molecule has 10 atom stereocenters. The van der Waals surface area contributed by atoms with E-state index in [0.29, 0.717) is 6.42 Å². The van der Waals surface area contributed by atoms with Crippen LogP contribution in [-0.2, 0) is 14.2 Å². The van der Waals surface area contributed by atoms with Gasteiger partial charge in [0.1, 0.15) is 48.8 Å². The molecule has 0 aromatic carbocycles. The molecule has 13 nitrogen and oxygen atoms in total. The van der Waals surface area contributed by atoms with Crippen LogP contribution in [0, 0.1) is 0 Å². The predicted molar refractivity (Wildman–Crippen MR) is 117 cm³/mol. The summed E-state index contributed by atoms with van der Waals surface area (Å²) in [5.74, 6) is 0.166. The Morgan fingerprint density at radius 2 is 1.62 bits per heavy atom. The molecule has 0 bridgehead atoms. The summed E-state index contributed by atoms with van der Waals surface area (Å²) in [6.07, 6.45) is -13.1. The Bertz CT molecular complexity index is 617. The van der Waals surface area contributed by atoms with Crippen molar-refractivity contribution >= 4 is 17.6 Å². The summed E-state index contributed by atoms with van der Waals surface area (Å²) in [6.45, 7) is 0.979. The highest BCUT2D eigenvalue weighted by atomic mass is 35.5. The van der Waals surface area contributed by atoms with Crippen LogP contribution in [0.25, 0.3) is 0 Å². The molecule has 2 fully saturated rings. The monoisotopic (exact) mass is 516 g/mol. The number of rotatable bonds is 11. The van der Waals surface area contributed by atoms with Crippen LogP contribution in [0.15, 0.2) is 0 Å². The highest BCUT2D eigenvalue weighted by Gasteiger charge is 2.51. The van der Waals surface area contributed by atoms with E-state index in [1.165, 1.54) is 4.90 Å². The number of unbranched alkanes of at least 4 members (excludes halogenated alkanes) is 2. The molecule has 0 spiro atoms. The molecule has 0 saturated carbocycles. The van der Waals surface area contributed by atoms with Gasteiger partial charge in [0.25, 0.3) is 0 Å². The van der Waals surface area contributed by atoms with Gasteiger partial charge in [0, 0.05) is 19.0 Å². The summed E-state index contributed by atoms with van der Waals surface area (Å²) in [7, 11) is 0. The Balaban J connectivity index is 2.18. The number of carbonyl (C=O) groups is 1. The lowest BCUT2D eigenvalue weighted by molar-refractivity contribution is -0.347. The molecule has 0 aromatic heterocycles. The summed E-state index contributed by atoms with van der Waals surface area (Å²) in [5.41, 5.74) is 0. The van der Waals surface area contributed by atoms with E-state index in [-0.39, 0.29) is 19.0 Å². The first-order valence-electron chi connectivity index (χ1n) is 11.4.